The molecule has 3 aromatic carbocycles. The van der Waals surface area contributed by atoms with Crippen LogP contribution in [0.3, 0.4) is 0 Å². The second kappa shape index (κ2) is 12.5. The van der Waals surface area contributed by atoms with E-state index in [2.05, 4.69) is 21.2 Å². The Morgan fingerprint density at radius 1 is 0.912 bits per heavy atom. The molecule has 0 saturated carbocycles. The van der Waals surface area contributed by atoms with Crippen molar-refractivity contribution in [2.75, 3.05) is 6.54 Å². The Hall–Kier alpha value is -2.99. The molecule has 0 heterocycles. The van der Waals surface area contributed by atoms with E-state index in [1.165, 1.54) is 6.07 Å². The van der Waals surface area contributed by atoms with Crippen LogP contribution in [0, 0.1) is 11.7 Å². The summed E-state index contributed by atoms with van der Waals surface area (Å²) < 4.78 is 15.3. The predicted octanol–water partition coefficient (Wildman–Crippen LogP) is 5.54. The normalized spacial score (nSPS) is 11.8. The third-order valence-electron chi connectivity index (χ3n) is 5.52. The molecule has 0 radical (unpaired) electrons. The van der Waals surface area contributed by atoms with Gasteiger partial charge >= 0.3 is 0 Å². The molecule has 3 aromatic rings. The van der Waals surface area contributed by atoms with Crippen LogP contribution in [0.15, 0.2) is 83.3 Å². The molecule has 3 rings (SSSR count). The van der Waals surface area contributed by atoms with Gasteiger partial charge in [0, 0.05) is 24.0 Å². The van der Waals surface area contributed by atoms with Crippen LogP contribution in [-0.2, 0) is 29.0 Å². The predicted molar refractivity (Wildman–Crippen MR) is 137 cm³/mol. The number of rotatable bonds is 10. The highest BCUT2D eigenvalue weighted by Crippen LogP contribution is 2.19. The number of benzene rings is 3. The standard InChI is InChI=1S/C28H30BrFN2O2/c1-20(2)18-31-28(34)26(16-21-8-4-3-5-9-21)32(19-22-12-14-24(29)15-13-22)27(33)17-23-10-6-7-11-25(23)30/h3-15,20,26H,16-19H2,1-2H3,(H,31,34)/t26-/m0/s1. The smallest absolute Gasteiger partial charge is 0.243 e. The summed E-state index contributed by atoms with van der Waals surface area (Å²) in [7, 11) is 0. The maximum Gasteiger partial charge on any atom is 0.243 e. The maximum atomic E-state index is 14.3. The van der Waals surface area contributed by atoms with E-state index in [1.54, 1.807) is 23.1 Å². The molecular formula is C28H30BrFN2O2. The minimum absolute atomic E-state index is 0.119. The number of nitrogens with one attached hydrogen (secondary N) is 1. The highest BCUT2D eigenvalue weighted by Gasteiger charge is 2.30. The van der Waals surface area contributed by atoms with E-state index in [0.29, 0.717) is 18.5 Å². The second-order valence-electron chi connectivity index (χ2n) is 8.76. The van der Waals surface area contributed by atoms with Crippen LogP contribution in [0.25, 0.3) is 0 Å². The van der Waals surface area contributed by atoms with Crippen molar-refractivity contribution in [2.24, 2.45) is 5.92 Å². The Morgan fingerprint density at radius 2 is 1.56 bits per heavy atom. The van der Waals surface area contributed by atoms with Gasteiger partial charge in [0.2, 0.25) is 11.8 Å². The number of hydrogen-bond acceptors (Lipinski definition) is 2. The van der Waals surface area contributed by atoms with Gasteiger partial charge in [-0.25, -0.2) is 4.39 Å². The fourth-order valence-corrected chi connectivity index (χ4v) is 3.93. The summed E-state index contributed by atoms with van der Waals surface area (Å²) >= 11 is 3.44. The first-order valence-electron chi connectivity index (χ1n) is 11.4. The summed E-state index contributed by atoms with van der Waals surface area (Å²) in [6, 6.07) is 22.8. The molecule has 0 saturated heterocycles. The van der Waals surface area contributed by atoms with Crippen molar-refractivity contribution in [1.29, 1.82) is 0 Å². The zero-order chi connectivity index (χ0) is 24.5. The van der Waals surface area contributed by atoms with Gasteiger partial charge in [0.25, 0.3) is 0 Å². The van der Waals surface area contributed by atoms with Gasteiger partial charge < -0.3 is 10.2 Å². The lowest BCUT2D eigenvalue weighted by Gasteiger charge is -2.32. The van der Waals surface area contributed by atoms with Gasteiger partial charge in [0.1, 0.15) is 11.9 Å². The summed E-state index contributed by atoms with van der Waals surface area (Å²) in [5.41, 5.74) is 2.15. The molecule has 0 spiro atoms. The molecule has 2 amide bonds. The maximum absolute atomic E-state index is 14.3. The van der Waals surface area contributed by atoms with Gasteiger partial charge in [-0.1, -0.05) is 90.4 Å². The molecule has 1 N–H and O–H groups in total. The molecule has 34 heavy (non-hydrogen) atoms. The van der Waals surface area contributed by atoms with Crippen molar-refractivity contribution in [3.8, 4) is 0 Å². The van der Waals surface area contributed by atoms with E-state index < -0.39 is 11.9 Å². The fourth-order valence-electron chi connectivity index (χ4n) is 3.67. The number of amides is 2. The van der Waals surface area contributed by atoms with Gasteiger partial charge in [-0.3, -0.25) is 9.59 Å². The van der Waals surface area contributed by atoms with Gasteiger partial charge in [-0.05, 0) is 40.8 Å². The van der Waals surface area contributed by atoms with Gasteiger partial charge in [-0.15, -0.1) is 0 Å². The van der Waals surface area contributed by atoms with Crippen LogP contribution >= 0.6 is 15.9 Å². The zero-order valence-corrected chi connectivity index (χ0v) is 21.1. The Balaban J connectivity index is 1.96. The summed E-state index contributed by atoms with van der Waals surface area (Å²) in [6.07, 6.45) is 0.246. The molecule has 0 unspecified atom stereocenters. The molecule has 0 aliphatic heterocycles. The SMILES string of the molecule is CC(C)CNC(=O)[C@H](Cc1ccccc1)N(Cc1ccc(Br)cc1)C(=O)Cc1ccccc1F. The molecule has 0 fully saturated rings. The van der Waals surface area contributed by atoms with E-state index >= 15 is 0 Å². The summed E-state index contributed by atoms with van der Waals surface area (Å²) in [5.74, 6) is -0.663. The molecule has 0 bridgehead atoms. The molecule has 1 atom stereocenters. The highest BCUT2D eigenvalue weighted by molar-refractivity contribution is 9.10. The third-order valence-corrected chi connectivity index (χ3v) is 6.05. The van der Waals surface area contributed by atoms with Crippen LogP contribution in [0.5, 0.6) is 0 Å². The van der Waals surface area contributed by atoms with E-state index in [9.17, 15) is 14.0 Å². The van der Waals surface area contributed by atoms with Gasteiger partial charge in [0.15, 0.2) is 0 Å². The van der Waals surface area contributed by atoms with Crippen LogP contribution in [0.1, 0.15) is 30.5 Å². The van der Waals surface area contributed by atoms with Gasteiger partial charge in [0.05, 0.1) is 6.42 Å². The molecule has 6 heteroatoms. The lowest BCUT2D eigenvalue weighted by Crippen LogP contribution is -2.51. The lowest BCUT2D eigenvalue weighted by molar-refractivity contribution is -0.140. The van der Waals surface area contributed by atoms with Crippen LogP contribution in [-0.4, -0.2) is 29.3 Å². The average molecular weight is 525 g/mol. The largest absolute Gasteiger partial charge is 0.354 e. The molecule has 0 aliphatic rings. The second-order valence-corrected chi connectivity index (χ2v) is 9.68. The number of carbonyl (C=O) groups excluding carboxylic acids is 2. The van der Waals surface area contributed by atoms with Gasteiger partial charge in [-0.2, -0.15) is 0 Å². The number of halogens is 2. The average Bonchev–Trinajstić information content (AvgIpc) is 2.83. The number of carbonyl (C=O) groups is 2. The van der Waals surface area contributed by atoms with E-state index in [0.717, 1.165) is 15.6 Å². The van der Waals surface area contributed by atoms with Crippen molar-refractivity contribution in [3.05, 3.63) is 106 Å². The van der Waals surface area contributed by atoms with Crippen molar-refractivity contribution in [3.63, 3.8) is 0 Å². The minimum atomic E-state index is -0.732. The Kier molecular flexibility index (Phi) is 9.40. The molecule has 0 aromatic heterocycles. The number of hydrogen-bond donors (Lipinski definition) is 1. The third kappa shape index (κ3) is 7.52. The van der Waals surface area contributed by atoms with Crippen molar-refractivity contribution in [2.45, 2.75) is 39.3 Å². The molecule has 4 nitrogen and oxygen atoms in total. The summed E-state index contributed by atoms with van der Waals surface area (Å²) in [4.78, 5) is 28.5. The topological polar surface area (TPSA) is 49.4 Å². The van der Waals surface area contributed by atoms with Crippen molar-refractivity contribution in [1.82, 2.24) is 10.2 Å². The Morgan fingerprint density at radius 3 is 2.21 bits per heavy atom. The first-order chi connectivity index (χ1) is 16.3. The Bertz CT molecular complexity index is 1090. The van der Waals surface area contributed by atoms with E-state index in [1.807, 2.05) is 68.4 Å². The quantitative estimate of drug-likeness (QED) is 0.378. The van der Waals surface area contributed by atoms with Crippen LogP contribution in [0.4, 0.5) is 4.39 Å². The molecule has 178 valence electrons. The van der Waals surface area contributed by atoms with E-state index in [-0.39, 0.29) is 30.7 Å². The Labute approximate surface area is 209 Å². The first kappa shape index (κ1) is 25.6. The van der Waals surface area contributed by atoms with Crippen molar-refractivity contribution < 1.29 is 14.0 Å². The first-order valence-corrected chi connectivity index (χ1v) is 12.2. The number of nitrogens with zero attached hydrogens (tertiary/aromatic N) is 1. The highest BCUT2D eigenvalue weighted by atomic mass is 79.9. The van der Waals surface area contributed by atoms with Crippen LogP contribution in [0.2, 0.25) is 0 Å². The summed E-state index contributed by atoms with van der Waals surface area (Å²) in [6.45, 7) is 4.80. The lowest BCUT2D eigenvalue weighted by atomic mass is 10.0. The molecule has 0 aliphatic carbocycles. The van der Waals surface area contributed by atoms with Crippen LogP contribution < -0.4 is 5.32 Å². The van der Waals surface area contributed by atoms with E-state index in [4.69, 9.17) is 0 Å². The summed E-state index contributed by atoms with van der Waals surface area (Å²) in [5, 5.41) is 2.99. The van der Waals surface area contributed by atoms with Crippen molar-refractivity contribution >= 4 is 27.7 Å². The minimum Gasteiger partial charge on any atom is -0.354 e. The monoisotopic (exact) mass is 524 g/mol. The zero-order valence-electron chi connectivity index (χ0n) is 19.5. The fraction of sp³-hybridized carbons (Fsp3) is 0.286. The molecular weight excluding hydrogens is 495 g/mol.